The second-order valence-corrected chi connectivity index (χ2v) is 6.56. The molecule has 0 fully saturated rings. The van der Waals surface area contributed by atoms with Crippen molar-refractivity contribution < 1.29 is 12.8 Å². The molecule has 1 aromatic carbocycles. The molecule has 1 heterocycles. The fourth-order valence-corrected chi connectivity index (χ4v) is 3.10. The topological polar surface area (TPSA) is 65.2 Å². The molecule has 0 amide bonds. The number of H-pyrrole nitrogens is 1. The van der Waals surface area contributed by atoms with E-state index in [0.717, 1.165) is 16.5 Å². The third kappa shape index (κ3) is 3.43. The third-order valence-corrected chi connectivity index (χ3v) is 4.88. The van der Waals surface area contributed by atoms with E-state index in [4.69, 9.17) is 0 Å². The molecule has 2 N–H and O–H groups in total. The summed E-state index contributed by atoms with van der Waals surface area (Å²) in [7, 11) is -2.30. The molecular formula is C14H18FN3O2S. The zero-order valence-corrected chi connectivity index (χ0v) is 12.7. The predicted molar refractivity (Wildman–Crippen MR) is 80.2 cm³/mol. The fourth-order valence-electron chi connectivity index (χ4n) is 1.90. The fraction of sp³-hybridized carbons (Fsp3) is 0.286. The van der Waals surface area contributed by atoms with Crippen LogP contribution >= 0.6 is 0 Å². The molecule has 0 aliphatic rings. The van der Waals surface area contributed by atoms with Gasteiger partial charge in [0, 0.05) is 25.5 Å². The van der Waals surface area contributed by atoms with Gasteiger partial charge in [-0.2, -0.15) is 0 Å². The Morgan fingerprint density at radius 2 is 2.10 bits per heavy atom. The minimum Gasteiger partial charge on any atom is -0.363 e. The van der Waals surface area contributed by atoms with E-state index in [-0.39, 0.29) is 10.6 Å². The molecule has 114 valence electrons. The highest BCUT2D eigenvalue weighted by Crippen LogP contribution is 2.23. The lowest BCUT2D eigenvalue weighted by atomic mass is 10.3. The Morgan fingerprint density at radius 1 is 1.33 bits per heavy atom. The quantitative estimate of drug-likeness (QED) is 0.858. The number of anilines is 1. The number of hydrogen-bond acceptors (Lipinski definition) is 3. The van der Waals surface area contributed by atoms with Crippen molar-refractivity contribution in [1.82, 2.24) is 10.3 Å². The first-order valence-corrected chi connectivity index (χ1v) is 8.01. The first kappa shape index (κ1) is 15.5. The van der Waals surface area contributed by atoms with Gasteiger partial charge in [-0.25, -0.2) is 12.8 Å². The van der Waals surface area contributed by atoms with E-state index < -0.39 is 15.8 Å². The van der Waals surface area contributed by atoms with Crippen LogP contribution in [-0.4, -0.2) is 27.0 Å². The maximum Gasteiger partial charge on any atom is 0.265 e. The average Bonchev–Trinajstić information content (AvgIpc) is 2.93. The molecule has 7 heteroatoms. The molecule has 0 bridgehead atoms. The van der Waals surface area contributed by atoms with Gasteiger partial charge in [0.05, 0.1) is 5.69 Å². The summed E-state index contributed by atoms with van der Waals surface area (Å²) >= 11 is 0. The van der Waals surface area contributed by atoms with E-state index in [1.807, 2.05) is 6.92 Å². The number of aromatic amines is 1. The van der Waals surface area contributed by atoms with Crippen LogP contribution in [0.3, 0.4) is 0 Å². The Balaban J connectivity index is 2.26. The monoisotopic (exact) mass is 311 g/mol. The van der Waals surface area contributed by atoms with Crippen molar-refractivity contribution in [2.24, 2.45) is 0 Å². The molecule has 0 atom stereocenters. The summed E-state index contributed by atoms with van der Waals surface area (Å²) in [5, 5.41) is 3.11. The van der Waals surface area contributed by atoms with Gasteiger partial charge in [0.1, 0.15) is 10.7 Å². The highest BCUT2D eigenvalue weighted by atomic mass is 32.2. The van der Waals surface area contributed by atoms with Crippen LogP contribution < -0.4 is 9.62 Å². The minimum atomic E-state index is -3.71. The SMILES string of the molecule is CCNCc1cc(S(=O)(=O)N(C)c2cccc(F)c2)c[nH]1. The number of rotatable bonds is 6. The number of aromatic nitrogens is 1. The Bertz CT molecular complexity index is 713. The number of nitrogens with zero attached hydrogens (tertiary/aromatic N) is 1. The van der Waals surface area contributed by atoms with Crippen LogP contribution in [0.5, 0.6) is 0 Å². The van der Waals surface area contributed by atoms with Crippen molar-refractivity contribution in [3.05, 3.63) is 48.0 Å². The van der Waals surface area contributed by atoms with Crippen LogP contribution in [0.25, 0.3) is 0 Å². The molecule has 1 aromatic heterocycles. The summed E-state index contributed by atoms with van der Waals surface area (Å²) in [6.07, 6.45) is 1.44. The number of nitrogens with one attached hydrogen (secondary N) is 2. The summed E-state index contributed by atoms with van der Waals surface area (Å²) in [5.41, 5.74) is 1.06. The second-order valence-electron chi connectivity index (χ2n) is 4.59. The van der Waals surface area contributed by atoms with Gasteiger partial charge in [0.2, 0.25) is 0 Å². The molecule has 0 spiro atoms. The zero-order valence-electron chi connectivity index (χ0n) is 11.9. The molecule has 21 heavy (non-hydrogen) atoms. The number of sulfonamides is 1. The minimum absolute atomic E-state index is 0.155. The molecule has 0 aliphatic carbocycles. The molecule has 0 aliphatic heterocycles. The molecular weight excluding hydrogens is 293 g/mol. The molecule has 5 nitrogen and oxygen atoms in total. The normalized spacial score (nSPS) is 11.6. The van der Waals surface area contributed by atoms with Crippen LogP contribution in [-0.2, 0) is 16.6 Å². The number of halogens is 1. The summed E-state index contributed by atoms with van der Waals surface area (Å²) in [6, 6.07) is 7.06. The Hall–Kier alpha value is -1.86. The van der Waals surface area contributed by atoms with Gasteiger partial charge >= 0.3 is 0 Å². The molecule has 2 aromatic rings. The van der Waals surface area contributed by atoms with Gasteiger partial charge in [-0.15, -0.1) is 0 Å². The Labute approximate surface area is 123 Å². The van der Waals surface area contributed by atoms with Crippen molar-refractivity contribution in [3.8, 4) is 0 Å². The lowest BCUT2D eigenvalue weighted by Crippen LogP contribution is -2.26. The van der Waals surface area contributed by atoms with Crippen LogP contribution in [0.2, 0.25) is 0 Å². The lowest BCUT2D eigenvalue weighted by Gasteiger charge is -2.18. The molecule has 0 saturated heterocycles. The number of hydrogen-bond donors (Lipinski definition) is 2. The maximum atomic E-state index is 13.2. The van der Waals surface area contributed by atoms with Gasteiger partial charge in [-0.05, 0) is 30.8 Å². The van der Waals surface area contributed by atoms with E-state index in [2.05, 4.69) is 10.3 Å². The second kappa shape index (κ2) is 6.28. The predicted octanol–water partition coefficient (Wildman–Crippen LogP) is 2.09. The van der Waals surface area contributed by atoms with Crippen LogP contribution in [0.4, 0.5) is 10.1 Å². The van der Waals surface area contributed by atoms with Crippen LogP contribution in [0, 0.1) is 5.82 Å². The van der Waals surface area contributed by atoms with E-state index in [0.29, 0.717) is 6.54 Å². The molecule has 0 unspecified atom stereocenters. The standard InChI is InChI=1S/C14H18FN3O2S/c1-3-16-9-12-8-14(10-17-12)21(19,20)18(2)13-6-4-5-11(15)7-13/h4-8,10,16-17H,3,9H2,1-2H3. The van der Waals surface area contributed by atoms with Gasteiger partial charge < -0.3 is 10.3 Å². The van der Waals surface area contributed by atoms with E-state index in [1.54, 1.807) is 12.1 Å². The van der Waals surface area contributed by atoms with Gasteiger partial charge in [0.15, 0.2) is 0 Å². The summed E-state index contributed by atoms with van der Waals surface area (Å²) in [5.74, 6) is -0.476. The summed E-state index contributed by atoms with van der Waals surface area (Å²) in [6.45, 7) is 3.33. The Morgan fingerprint density at radius 3 is 2.76 bits per heavy atom. The highest BCUT2D eigenvalue weighted by molar-refractivity contribution is 7.92. The summed E-state index contributed by atoms with van der Waals surface area (Å²) < 4.78 is 39.3. The van der Waals surface area contributed by atoms with Gasteiger partial charge in [-0.3, -0.25) is 4.31 Å². The highest BCUT2D eigenvalue weighted by Gasteiger charge is 2.22. The van der Waals surface area contributed by atoms with Crippen molar-refractivity contribution in [1.29, 1.82) is 0 Å². The van der Waals surface area contributed by atoms with Crippen molar-refractivity contribution in [2.75, 3.05) is 17.9 Å². The van der Waals surface area contributed by atoms with Crippen LogP contribution in [0.1, 0.15) is 12.6 Å². The lowest BCUT2D eigenvalue weighted by molar-refractivity contribution is 0.594. The van der Waals surface area contributed by atoms with Crippen molar-refractivity contribution in [2.45, 2.75) is 18.4 Å². The molecule has 0 radical (unpaired) electrons. The van der Waals surface area contributed by atoms with Gasteiger partial charge in [-0.1, -0.05) is 13.0 Å². The largest absolute Gasteiger partial charge is 0.363 e. The zero-order chi connectivity index (χ0) is 15.5. The molecule has 2 rings (SSSR count). The number of benzene rings is 1. The summed E-state index contributed by atoms with van der Waals surface area (Å²) in [4.78, 5) is 3.08. The van der Waals surface area contributed by atoms with Crippen molar-refractivity contribution >= 4 is 15.7 Å². The third-order valence-electron chi connectivity index (χ3n) is 3.11. The van der Waals surface area contributed by atoms with Crippen molar-refractivity contribution in [3.63, 3.8) is 0 Å². The smallest absolute Gasteiger partial charge is 0.265 e. The maximum absolute atomic E-state index is 13.2. The van der Waals surface area contributed by atoms with Gasteiger partial charge in [0.25, 0.3) is 10.0 Å². The first-order chi connectivity index (χ1) is 9.95. The average molecular weight is 311 g/mol. The first-order valence-electron chi connectivity index (χ1n) is 6.57. The van der Waals surface area contributed by atoms with Crippen LogP contribution in [0.15, 0.2) is 41.4 Å². The van der Waals surface area contributed by atoms with E-state index in [1.165, 1.54) is 31.4 Å². The van der Waals surface area contributed by atoms with E-state index >= 15 is 0 Å². The van der Waals surface area contributed by atoms with E-state index in [9.17, 15) is 12.8 Å². The molecule has 0 saturated carbocycles. The Kier molecular flexibility index (Phi) is 4.64.